The summed E-state index contributed by atoms with van der Waals surface area (Å²) < 4.78 is 15.1. The van der Waals surface area contributed by atoms with Crippen LogP contribution in [0.25, 0.3) is 0 Å². The molecular weight excluding hydrogens is 341 g/mol. The fourth-order valence-electron chi connectivity index (χ4n) is 2.60. The van der Waals surface area contributed by atoms with Gasteiger partial charge in [0.1, 0.15) is 5.82 Å². The largest absolute Gasteiger partial charge is 0.322 e. The summed E-state index contributed by atoms with van der Waals surface area (Å²) in [7, 11) is 0. The van der Waals surface area contributed by atoms with Crippen molar-refractivity contribution in [2.75, 3.05) is 5.32 Å². The van der Waals surface area contributed by atoms with Gasteiger partial charge in [0.2, 0.25) is 0 Å². The minimum atomic E-state index is -0.522. The molecule has 0 unspecified atom stereocenters. The van der Waals surface area contributed by atoms with Crippen LogP contribution in [0.15, 0.2) is 48.5 Å². The van der Waals surface area contributed by atoms with E-state index in [2.05, 4.69) is 10.4 Å². The third kappa shape index (κ3) is 4.06. The quantitative estimate of drug-likeness (QED) is 0.742. The van der Waals surface area contributed by atoms with Crippen molar-refractivity contribution in [2.45, 2.75) is 20.4 Å². The van der Waals surface area contributed by atoms with Gasteiger partial charge in [-0.15, -0.1) is 0 Å². The van der Waals surface area contributed by atoms with E-state index in [9.17, 15) is 9.18 Å². The number of carbonyl (C=O) groups excluding carboxylic acids is 1. The van der Waals surface area contributed by atoms with E-state index in [1.54, 1.807) is 6.07 Å². The SMILES string of the molecule is Cc1cc(C)n(Cc2cccc(C(=O)Nc3ccc(F)c(Cl)c3)c2)n1. The van der Waals surface area contributed by atoms with Crippen LogP contribution in [-0.4, -0.2) is 15.7 Å². The molecule has 6 heteroatoms. The minimum absolute atomic E-state index is 0.0314. The molecule has 0 saturated heterocycles. The van der Waals surface area contributed by atoms with Crippen molar-refractivity contribution in [2.24, 2.45) is 0 Å². The van der Waals surface area contributed by atoms with E-state index < -0.39 is 5.82 Å². The van der Waals surface area contributed by atoms with Crippen LogP contribution in [0.2, 0.25) is 5.02 Å². The first-order valence-corrected chi connectivity index (χ1v) is 8.16. The lowest BCUT2D eigenvalue weighted by atomic mass is 10.1. The zero-order valence-electron chi connectivity index (χ0n) is 13.9. The summed E-state index contributed by atoms with van der Waals surface area (Å²) in [4.78, 5) is 12.4. The van der Waals surface area contributed by atoms with Gasteiger partial charge >= 0.3 is 0 Å². The molecule has 1 N–H and O–H groups in total. The molecule has 1 amide bonds. The van der Waals surface area contributed by atoms with Gasteiger partial charge in [-0.05, 0) is 55.8 Å². The Bertz CT molecular complexity index is 936. The Morgan fingerprint density at radius 3 is 2.68 bits per heavy atom. The molecule has 0 aliphatic carbocycles. The first-order chi connectivity index (χ1) is 11.9. The standard InChI is InChI=1S/C19H17ClFN3O/c1-12-8-13(2)24(23-12)11-14-4-3-5-15(9-14)19(25)22-16-6-7-18(21)17(20)10-16/h3-10H,11H2,1-2H3,(H,22,25). The number of halogens is 2. The first kappa shape index (κ1) is 17.2. The molecule has 1 heterocycles. The van der Waals surface area contributed by atoms with Gasteiger partial charge in [0.15, 0.2) is 0 Å². The second-order valence-electron chi connectivity index (χ2n) is 5.87. The molecule has 0 fully saturated rings. The van der Waals surface area contributed by atoms with Gasteiger partial charge in [-0.2, -0.15) is 5.10 Å². The lowest BCUT2D eigenvalue weighted by Crippen LogP contribution is -2.13. The molecule has 0 aliphatic heterocycles. The van der Waals surface area contributed by atoms with Gasteiger partial charge in [0.25, 0.3) is 5.91 Å². The maximum absolute atomic E-state index is 13.2. The number of anilines is 1. The van der Waals surface area contributed by atoms with E-state index in [0.717, 1.165) is 17.0 Å². The Hall–Kier alpha value is -2.66. The van der Waals surface area contributed by atoms with Gasteiger partial charge < -0.3 is 5.32 Å². The van der Waals surface area contributed by atoms with Gasteiger partial charge in [-0.25, -0.2) is 4.39 Å². The number of benzene rings is 2. The number of rotatable bonds is 4. The number of aromatic nitrogens is 2. The summed E-state index contributed by atoms with van der Waals surface area (Å²) in [6, 6.07) is 13.4. The molecule has 128 valence electrons. The number of carbonyl (C=O) groups is 1. The van der Waals surface area contributed by atoms with Crippen molar-refractivity contribution in [3.8, 4) is 0 Å². The molecule has 0 aliphatic rings. The molecule has 0 bridgehead atoms. The molecule has 0 saturated carbocycles. The number of hydrogen-bond donors (Lipinski definition) is 1. The normalized spacial score (nSPS) is 10.7. The molecule has 0 spiro atoms. The number of nitrogens with one attached hydrogen (secondary N) is 1. The van der Waals surface area contributed by atoms with Crippen LogP contribution >= 0.6 is 11.6 Å². The fraction of sp³-hybridized carbons (Fsp3) is 0.158. The maximum atomic E-state index is 13.2. The molecular formula is C19H17ClFN3O. The predicted octanol–water partition coefficient (Wildman–Crippen LogP) is 4.59. The molecule has 0 atom stereocenters. The van der Waals surface area contributed by atoms with Gasteiger partial charge in [0.05, 0.1) is 17.3 Å². The van der Waals surface area contributed by atoms with Crippen LogP contribution in [0.3, 0.4) is 0 Å². The highest BCUT2D eigenvalue weighted by Crippen LogP contribution is 2.20. The van der Waals surface area contributed by atoms with E-state index in [1.807, 2.05) is 42.8 Å². The van der Waals surface area contributed by atoms with Crippen molar-refractivity contribution in [3.63, 3.8) is 0 Å². The highest BCUT2D eigenvalue weighted by Gasteiger charge is 2.09. The Balaban J connectivity index is 1.77. The summed E-state index contributed by atoms with van der Waals surface area (Å²) in [5.74, 6) is -0.801. The Morgan fingerprint density at radius 1 is 1.20 bits per heavy atom. The van der Waals surface area contributed by atoms with Crippen molar-refractivity contribution in [3.05, 3.63) is 81.9 Å². The van der Waals surface area contributed by atoms with E-state index >= 15 is 0 Å². The third-order valence-corrected chi connectivity index (χ3v) is 4.09. The number of aryl methyl sites for hydroxylation is 2. The van der Waals surface area contributed by atoms with E-state index in [1.165, 1.54) is 18.2 Å². The molecule has 1 aromatic heterocycles. The highest BCUT2D eigenvalue weighted by atomic mass is 35.5. The Morgan fingerprint density at radius 2 is 2.00 bits per heavy atom. The van der Waals surface area contributed by atoms with Crippen molar-refractivity contribution in [1.82, 2.24) is 9.78 Å². The minimum Gasteiger partial charge on any atom is -0.322 e. The van der Waals surface area contributed by atoms with Crippen LogP contribution < -0.4 is 5.32 Å². The molecule has 2 aromatic carbocycles. The lowest BCUT2D eigenvalue weighted by Gasteiger charge is -2.09. The van der Waals surface area contributed by atoms with Crippen LogP contribution in [0.4, 0.5) is 10.1 Å². The van der Waals surface area contributed by atoms with Crippen LogP contribution in [-0.2, 0) is 6.54 Å². The van der Waals surface area contributed by atoms with Crippen molar-refractivity contribution in [1.29, 1.82) is 0 Å². The van der Waals surface area contributed by atoms with Crippen molar-refractivity contribution < 1.29 is 9.18 Å². The average Bonchev–Trinajstić information content (AvgIpc) is 2.88. The van der Waals surface area contributed by atoms with Gasteiger partial charge in [-0.3, -0.25) is 9.48 Å². The second kappa shape index (κ2) is 7.07. The molecule has 3 aromatic rings. The summed E-state index contributed by atoms with van der Waals surface area (Å²) >= 11 is 5.74. The van der Waals surface area contributed by atoms with Gasteiger partial charge in [-0.1, -0.05) is 23.7 Å². The van der Waals surface area contributed by atoms with Crippen LogP contribution in [0, 0.1) is 19.7 Å². The first-order valence-electron chi connectivity index (χ1n) is 7.79. The molecule has 3 rings (SSSR count). The fourth-order valence-corrected chi connectivity index (χ4v) is 2.78. The second-order valence-corrected chi connectivity index (χ2v) is 6.28. The topological polar surface area (TPSA) is 46.9 Å². The summed E-state index contributed by atoms with van der Waals surface area (Å²) in [6.45, 7) is 4.53. The molecule has 0 radical (unpaired) electrons. The Kier molecular flexibility index (Phi) is 4.86. The van der Waals surface area contributed by atoms with Gasteiger partial charge in [0, 0.05) is 16.9 Å². The lowest BCUT2D eigenvalue weighted by molar-refractivity contribution is 0.102. The molecule has 4 nitrogen and oxygen atoms in total. The van der Waals surface area contributed by atoms with E-state index in [0.29, 0.717) is 17.8 Å². The monoisotopic (exact) mass is 357 g/mol. The zero-order chi connectivity index (χ0) is 18.0. The maximum Gasteiger partial charge on any atom is 0.255 e. The van der Waals surface area contributed by atoms with Crippen LogP contribution in [0.5, 0.6) is 0 Å². The summed E-state index contributed by atoms with van der Waals surface area (Å²) in [5.41, 5.74) is 3.95. The predicted molar refractivity (Wildman–Crippen MR) is 96.6 cm³/mol. The van der Waals surface area contributed by atoms with Crippen LogP contribution in [0.1, 0.15) is 27.3 Å². The zero-order valence-corrected chi connectivity index (χ0v) is 14.6. The smallest absolute Gasteiger partial charge is 0.255 e. The Labute approximate surface area is 150 Å². The average molecular weight is 358 g/mol. The summed E-state index contributed by atoms with van der Waals surface area (Å²) in [6.07, 6.45) is 0. The number of amides is 1. The van der Waals surface area contributed by atoms with E-state index in [-0.39, 0.29) is 10.9 Å². The number of nitrogens with zero attached hydrogens (tertiary/aromatic N) is 2. The summed E-state index contributed by atoms with van der Waals surface area (Å²) in [5, 5.41) is 7.12. The van der Waals surface area contributed by atoms with E-state index in [4.69, 9.17) is 11.6 Å². The third-order valence-electron chi connectivity index (χ3n) is 3.80. The van der Waals surface area contributed by atoms with Crippen molar-refractivity contribution >= 4 is 23.2 Å². The highest BCUT2D eigenvalue weighted by molar-refractivity contribution is 6.31. The number of hydrogen-bond acceptors (Lipinski definition) is 2. The molecule has 25 heavy (non-hydrogen) atoms.